The summed E-state index contributed by atoms with van der Waals surface area (Å²) in [5.41, 5.74) is -0.537. The van der Waals surface area contributed by atoms with E-state index in [4.69, 9.17) is 4.74 Å². The van der Waals surface area contributed by atoms with Crippen molar-refractivity contribution in [1.29, 1.82) is 0 Å². The van der Waals surface area contributed by atoms with Crippen molar-refractivity contribution in [3.8, 4) is 0 Å². The molecule has 2 rings (SSSR count). The van der Waals surface area contributed by atoms with Crippen LogP contribution in [0.4, 0.5) is 4.79 Å². The van der Waals surface area contributed by atoms with Gasteiger partial charge in [-0.1, -0.05) is 12.8 Å². The molecular formula is C15H25N5O3. The maximum absolute atomic E-state index is 12.1. The van der Waals surface area contributed by atoms with Crippen LogP contribution in [0.1, 0.15) is 46.5 Å². The lowest BCUT2D eigenvalue weighted by Gasteiger charge is -2.33. The van der Waals surface area contributed by atoms with E-state index >= 15 is 0 Å². The minimum atomic E-state index is -0.537. The molecule has 0 radical (unpaired) electrons. The minimum Gasteiger partial charge on any atom is -0.444 e. The number of aromatic nitrogens is 3. The molecule has 2 atom stereocenters. The van der Waals surface area contributed by atoms with Crippen molar-refractivity contribution < 1.29 is 14.3 Å². The van der Waals surface area contributed by atoms with Crippen LogP contribution in [0.5, 0.6) is 0 Å². The van der Waals surface area contributed by atoms with Gasteiger partial charge in [0.2, 0.25) is 5.91 Å². The maximum atomic E-state index is 12.1. The largest absolute Gasteiger partial charge is 0.444 e. The molecule has 1 aromatic rings. The fourth-order valence-electron chi connectivity index (χ4n) is 2.65. The predicted molar refractivity (Wildman–Crippen MR) is 83.6 cm³/mol. The van der Waals surface area contributed by atoms with Gasteiger partial charge in [0.15, 0.2) is 0 Å². The average Bonchev–Trinajstić information content (AvgIpc) is 2.91. The number of hydrogen-bond donors (Lipinski definition) is 2. The summed E-state index contributed by atoms with van der Waals surface area (Å²) in [7, 11) is 0. The first kappa shape index (κ1) is 17.2. The fraction of sp³-hybridized carbons (Fsp3) is 0.733. The number of nitrogens with one attached hydrogen (secondary N) is 2. The molecule has 2 amide bonds. The summed E-state index contributed by atoms with van der Waals surface area (Å²) in [6.45, 7) is 5.59. The Hall–Kier alpha value is -2.12. The molecule has 0 saturated heterocycles. The summed E-state index contributed by atoms with van der Waals surface area (Å²) in [6.07, 6.45) is 6.16. The number of amides is 2. The molecule has 1 fully saturated rings. The summed E-state index contributed by atoms with van der Waals surface area (Å²) in [4.78, 5) is 27.8. The fourth-order valence-corrected chi connectivity index (χ4v) is 2.65. The first-order valence-corrected chi connectivity index (χ1v) is 7.95. The second-order valence-corrected chi connectivity index (χ2v) is 6.80. The van der Waals surface area contributed by atoms with Crippen LogP contribution in [0.25, 0.3) is 0 Å². The highest BCUT2D eigenvalue weighted by Crippen LogP contribution is 2.19. The first-order chi connectivity index (χ1) is 10.8. The zero-order valence-electron chi connectivity index (χ0n) is 13.9. The van der Waals surface area contributed by atoms with E-state index < -0.39 is 11.7 Å². The second-order valence-electron chi connectivity index (χ2n) is 6.80. The summed E-state index contributed by atoms with van der Waals surface area (Å²) in [5, 5.41) is 9.77. The number of nitrogens with zero attached hydrogens (tertiary/aromatic N) is 3. The van der Waals surface area contributed by atoms with Gasteiger partial charge in [-0.25, -0.2) is 14.5 Å². The van der Waals surface area contributed by atoms with Crippen molar-refractivity contribution >= 4 is 12.0 Å². The molecule has 1 aromatic heterocycles. The summed E-state index contributed by atoms with van der Waals surface area (Å²) < 4.78 is 6.76. The zero-order valence-corrected chi connectivity index (χ0v) is 13.9. The lowest BCUT2D eigenvalue weighted by molar-refractivity contribution is -0.123. The Morgan fingerprint density at radius 2 is 1.87 bits per heavy atom. The lowest BCUT2D eigenvalue weighted by Crippen LogP contribution is -2.54. The van der Waals surface area contributed by atoms with Crippen LogP contribution in [0.2, 0.25) is 0 Å². The third kappa shape index (κ3) is 5.88. The SMILES string of the molecule is CC(C)(C)OC(=O)N[C@H]1CCCC[C@@H]1NC(=O)Cn1cncn1. The Bertz CT molecular complexity index is 524. The van der Waals surface area contributed by atoms with Crippen LogP contribution >= 0.6 is 0 Å². The summed E-state index contributed by atoms with van der Waals surface area (Å²) >= 11 is 0. The molecule has 128 valence electrons. The normalized spacial score (nSPS) is 21.5. The van der Waals surface area contributed by atoms with Crippen molar-refractivity contribution in [2.45, 2.75) is 70.7 Å². The van der Waals surface area contributed by atoms with Gasteiger partial charge in [0.25, 0.3) is 0 Å². The van der Waals surface area contributed by atoms with Crippen molar-refractivity contribution in [2.24, 2.45) is 0 Å². The van der Waals surface area contributed by atoms with Gasteiger partial charge in [-0.05, 0) is 33.6 Å². The molecular weight excluding hydrogens is 298 g/mol. The number of ether oxygens (including phenoxy) is 1. The molecule has 1 aliphatic rings. The average molecular weight is 323 g/mol. The molecule has 2 N–H and O–H groups in total. The standard InChI is InChI=1S/C15H25N5O3/c1-15(2,3)23-14(22)19-12-7-5-4-6-11(12)18-13(21)8-20-10-16-9-17-20/h9-12H,4-8H2,1-3H3,(H,18,21)(H,19,22)/t11-,12-/m0/s1. The van der Waals surface area contributed by atoms with E-state index in [2.05, 4.69) is 20.7 Å². The van der Waals surface area contributed by atoms with Gasteiger partial charge in [-0.2, -0.15) is 5.10 Å². The summed E-state index contributed by atoms with van der Waals surface area (Å²) in [5.74, 6) is -0.140. The maximum Gasteiger partial charge on any atom is 0.407 e. The van der Waals surface area contributed by atoms with E-state index in [0.717, 1.165) is 25.7 Å². The summed E-state index contributed by atoms with van der Waals surface area (Å²) in [6, 6.07) is -0.203. The van der Waals surface area contributed by atoms with E-state index in [1.807, 2.05) is 20.8 Å². The first-order valence-electron chi connectivity index (χ1n) is 7.95. The molecule has 0 aromatic carbocycles. The topological polar surface area (TPSA) is 98.1 Å². The molecule has 0 unspecified atom stereocenters. The Morgan fingerprint density at radius 3 is 2.43 bits per heavy atom. The Balaban J connectivity index is 1.87. The molecule has 1 aliphatic carbocycles. The Labute approximate surface area is 136 Å². The number of hydrogen-bond acceptors (Lipinski definition) is 5. The van der Waals surface area contributed by atoms with E-state index in [1.165, 1.54) is 17.3 Å². The van der Waals surface area contributed by atoms with Gasteiger partial charge < -0.3 is 15.4 Å². The minimum absolute atomic E-state index is 0.0905. The van der Waals surface area contributed by atoms with Gasteiger partial charge >= 0.3 is 6.09 Å². The van der Waals surface area contributed by atoms with E-state index in [0.29, 0.717) is 0 Å². The third-order valence-electron chi connectivity index (χ3n) is 3.59. The van der Waals surface area contributed by atoms with Crippen LogP contribution < -0.4 is 10.6 Å². The Morgan fingerprint density at radius 1 is 1.22 bits per heavy atom. The molecule has 0 aliphatic heterocycles. The molecule has 0 spiro atoms. The van der Waals surface area contributed by atoms with E-state index in [9.17, 15) is 9.59 Å². The molecule has 8 heteroatoms. The van der Waals surface area contributed by atoms with Crippen molar-refractivity contribution in [3.05, 3.63) is 12.7 Å². The number of carbonyl (C=O) groups excluding carboxylic acids is 2. The number of carbonyl (C=O) groups is 2. The van der Waals surface area contributed by atoms with Crippen LogP contribution in [0, 0.1) is 0 Å². The van der Waals surface area contributed by atoms with Gasteiger partial charge in [0, 0.05) is 6.04 Å². The van der Waals surface area contributed by atoms with Gasteiger partial charge in [0.1, 0.15) is 24.8 Å². The molecule has 23 heavy (non-hydrogen) atoms. The van der Waals surface area contributed by atoms with Gasteiger partial charge in [0.05, 0.1) is 6.04 Å². The number of rotatable bonds is 4. The zero-order chi connectivity index (χ0) is 16.9. The molecule has 0 bridgehead atoms. The molecule has 8 nitrogen and oxygen atoms in total. The highest BCUT2D eigenvalue weighted by molar-refractivity contribution is 5.76. The second kappa shape index (κ2) is 7.43. The van der Waals surface area contributed by atoms with Crippen LogP contribution in [0.15, 0.2) is 12.7 Å². The third-order valence-corrected chi connectivity index (χ3v) is 3.59. The Kier molecular flexibility index (Phi) is 5.57. The van der Waals surface area contributed by atoms with E-state index in [-0.39, 0.29) is 24.5 Å². The smallest absolute Gasteiger partial charge is 0.407 e. The molecule has 1 heterocycles. The monoisotopic (exact) mass is 323 g/mol. The van der Waals surface area contributed by atoms with Gasteiger partial charge in [-0.3, -0.25) is 4.79 Å². The van der Waals surface area contributed by atoms with Crippen LogP contribution in [-0.4, -0.2) is 44.4 Å². The van der Waals surface area contributed by atoms with E-state index in [1.54, 1.807) is 0 Å². The molecule has 1 saturated carbocycles. The van der Waals surface area contributed by atoms with Crippen LogP contribution in [0.3, 0.4) is 0 Å². The van der Waals surface area contributed by atoms with Crippen molar-refractivity contribution in [1.82, 2.24) is 25.4 Å². The highest BCUT2D eigenvalue weighted by Gasteiger charge is 2.29. The number of alkyl carbamates (subject to hydrolysis) is 1. The highest BCUT2D eigenvalue weighted by atomic mass is 16.6. The lowest BCUT2D eigenvalue weighted by atomic mass is 9.90. The van der Waals surface area contributed by atoms with Gasteiger partial charge in [-0.15, -0.1) is 0 Å². The van der Waals surface area contributed by atoms with Crippen LogP contribution in [-0.2, 0) is 16.1 Å². The quantitative estimate of drug-likeness (QED) is 0.868. The van der Waals surface area contributed by atoms with Crippen molar-refractivity contribution in [2.75, 3.05) is 0 Å². The van der Waals surface area contributed by atoms with Crippen molar-refractivity contribution in [3.63, 3.8) is 0 Å². The predicted octanol–water partition coefficient (Wildman–Crippen LogP) is 1.23.